The number of hydrogen-bond acceptors (Lipinski definition) is 6. The maximum atomic E-state index is 13.2. The number of carboxylic acid groups (broad SMARTS) is 1. The number of carboxylic acids is 1. The van der Waals surface area contributed by atoms with Crippen molar-refractivity contribution in [1.29, 1.82) is 0 Å². The molecule has 35 heavy (non-hydrogen) atoms. The fourth-order valence-corrected chi connectivity index (χ4v) is 3.34. The standard InChI is InChI=1S/C27H23FN2O5/c1-2-14-34-29-25(26-16-24(30-35-26)19-8-10-20(28)11-9-19)17-33-21-12-13-22(23(15-21)27(31)32)18-6-4-3-5-7-18/h3-13,15-16H,2,14,17H2,1H3,(H,31,32)/b29-25+. The van der Waals surface area contributed by atoms with Gasteiger partial charge in [-0.05, 0) is 60.0 Å². The number of rotatable bonds is 10. The Morgan fingerprint density at radius 2 is 1.80 bits per heavy atom. The highest BCUT2D eigenvalue weighted by molar-refractivity contribution is 6.00. The van der Waals surface area contributed by atoms with Crippen molar-refractivity contribution in [2.75, 3.05) is 13.2 Å². The monoisotopic (exact) mass is 474 g/mol. The lowest BCUT2D eigenvalue weighted by Crippen LogP contribution is -2.14. The van der Waals surface area contributed by atoms with E-state index in [1.165, 1.54) is 18.2 Å². The van der Waals surface area contributed by atoms with E-state index >= 15 is 0 Å². The van der Waals surface area contributed by atoms with Crippen LogP contribution in [-0.4, -0.2) is 35.2 Å². The summed E-state index contributed by atoms with van der Waals surface area (Å²) in [6, 6.07) is 21.7. The molecule has 178 valence electrons. The van der Waals surface area contributed by atoms with Crippen molar-refractivity contribution in [1.82, 2.24) is 5.16 Å². The van der Waals surface area contributed by atoms with Gasteiger partial charge in [-0.2, -0.15) is 0 Å². The molecule has 0 bridgehead atoms. The van der Waals surface area contributed by atoms with Crippen LogP contribution in [0.15, 0.2) is 88.5 Å². The summed E-state index contributed by atoms with van der Waals surface area (Å²) in [5.41, 5.74) is 3.02. The third-order valence-electron chi connectivity index (χ3n) is 5.09. The molecule has 0 aliphatic heterocycles. The molecule has 4 rings (SSSR count). The summed E-state index contributed by atoms with van der Waals surface area (Å²) in [7, 11) is 0. The smallest absolute Gasteiger partial charge is 0.336 e. The number of nitrogens with zero attached hydrogens (tertiary/aromatic N) is 2. The van der Waals surface area contributed by atoms with Crippen molar-refractivity contribution >= 4 is 11.7 Å². The number of benzene rings is 3. The van der Waals surface area contributed by atoms with E-state index in [1.54, 1.807) is 30.3 Å². The molecule has 4 aromatic rings. The second-order valence-electron chi connectivity index (χ2n) is 7.62. The number of hydrogen-bond donors (Lipinski definition) is 1. The van der Waals surface area contributed by atoms with Crippen molar-refractivity contribution < 1.29 is 28.4 Å². The van der Waals surface area contributed by atoms with E-state index in [1.807, 2.05) is 37.3 Å². The van der Waals surface area contributed by atoms with Gasteiger partial charge < -0.3 is 19.2 Å². The number of ether oxygens (including phenoxy) is 1. The van der Waals surface area contributed by atoms with E-state index in [-0.39, 0.29) is 18.0 Å². The fraction of sp³-hybridized carbons (Fsp3) is 0.148. The maximum Gasteiger partial charge on any atom is 0.336 e. The highest BCUT2D eigenvalue weighted by Crippen LogP contribution is 2.28. The van der Waals surface area contributed by atoms with Gasteiger partial charge >= 0.3 is 5.97 Å². The topological polar surface area (TPSA) is 94.2 Å². The molecule has 0 atom stereocenters. The third kappa shape index (κ3) is 5.92. The normalized spacial score (nSPS) is 11.3. The van der Waals surface area contributed by atoms with Gasteiger partial charge in [0.2, 0.25) is 0 Å². The second-order valence-corrected chi connectivity index (χ2v) is 7.62. The molecule has 1 heterocycles. The number of oxime groups is 1. The average Bonchev–Trinajstić information content (AvgIpc) is 3.37. The van der Waals surface area contributed by atoms with Crippen LogP contribution in [0.3, 0.4) is 0 Å². The largest absolute Gasteiger partial charge is 0.487 e. The Morgan fingerprint density at radius 3 is 2.51 bits per heavy atom. The van der Waals surface area contributed by atoms with Gasteiger partial charge in [0, 0.05) is 11.6 Å². The minimum Gasteiger partial charge on any atom is -0.487 e. The third-order valence-corrected chi connectivity index (χ3v) is 5.09. The molecule has 0 amide bonds. The predicted octanol–water partition coefficient (Wildman–Crippen LogP) is 6.06. The molecule has 0 aliphatic rings. The summed E-state index contributed by atoms with van der Waals surface area (Å²) in [5, 5.41) is 17.9. The van der Waals surface area contributed by atoms with E-state index in [2.05, 4.69) is 10.3 Å². The van der Waals surface area contributed by atoms with Gasteiger partial charge in [0.1, 0.15) is 30.5 Å². The lowest BCUT2D eigenvalue weighted by Gasteiger charge is -2.11. The Kier molecular flexibility index (Phi) is 7.52. The van der Waals surface area contributed by atoms with Crippen LogP contribution in [0.25, 0.3) is 22.4 Å². The van der Waals surface area contributed by atoms with Gasteiger partial charge in [-0.3, -0.25) is 0 Å². The molecule has 1 aromatic heterocycles. The summed E-state index contributed by atoms with van der Waals surface area (Å²) in [6.45, 7) is 2.30. The van der Waals surface area contributed by atoms with Crippen LogP contribution in [-0.2, 0) is 4.84 Å². The molecule has 0 unspecified atom stereocenters. The first-order valence-corrected chi connectivity index (χ1v) is 11.0. The Bertz CT molecular complexity index is 1320. The minimum absolute atomic E-state index is 0.0501. The van der Waals surface area contributed by atoms with Crippen LogP contribution >= 0.6 is 0 Å². The first-order valence-electron chi connectivity index (χ1n) is 11.0. The Labute approximate surface area is 201 Å². The lowest BCUT2D eigenvalue weighted by atomic mass is 9.99. The van der Waals surface area contributed by atoms with Crippen LogP contribution in [0.5, 0.6) is 5.75 Å². The van der Waals surface area contributed by atoms with Gasteiger partial charge in [-0.25, -0.2) is 9.18 Å². The first kappa shape index (κ1) is 23.7. The molecule has 0 saturated heterocycles. The van der Waals surface area contributed by atoms with Crippen molar-refractivity contribution in [2.24, 2.45) is 5.16 Å². The molecule has 0 aliphatic carbocycles. The van der Waals surface area contributed by atoms with E-state index in [0.717, 1.165) is 12.0 Å². The van der Waals surface area contributed by atoms with E-state index in [0.29, 0.717) is 40.6 Å². The summed E-state index contributed by atoms with van der Waals surface area (Å²) < 4.78 is 24.5. The van der Waals surface area contributed by atoms with Gasteiger partial charge in [0.05, 0.1) is 5.56 Å². The zero-order valence-electron chi connectivity index (χ0n) is 19.0. The van der Waals surface area contributed by atoms with Crippen LogP contribution in [0, 0.1) is 5.82 Å². The molecule has 0 radical (unpaired) electrons. The highest BCUT2D eigenvalue weighted by atomic mass is 19.1. The number of halogens is 1. The predicted molar refractivity (Wildman–Crippen MR) is 129 cm³/mol. The molecule has 8 heteroatoms. The summed E-state index contributed by atoms with van der Waals surface area (Å²) >= 11 is 0. The first-order chi connectivity index (χ1) is 17.0. The zero-order chi connectivity index (χ0) is 24.6. The van der Waals surface area contributed by atoms with Gasteiger partial charge in [-0.1, -0.05) is 47.6 Å². The molecular weight excluding hydrogens is 451 g/mol. The van der Waals surface area contributed by atoms with E-state index < -0.39 is 5.97 Å². The van der Waals surface area contributed by atoms with Crippen LogP contribution in [0.4, 0.5) is 4.39 Å². The Hall–Kier alpha value is -4.46. The molecule has 3 aromatic carbocycles. The molecule has 1 N–H and O–H groups in total. The second kappa shape index (κ2) is 11.1. The van der Waals surface area contributed by atoms with Gasteiger partial charge in [-0.15, -0.1) is 0 Å². The molecule has 0 fully saturated rings. The fourth-order valence-electron chi connectivity index (χ4n) is 3.34. The van der Waals surface area contributed by atoms with Crippen molar-refractivity contribution in [2.45, 2.75) is 13.3 Å². The molecule has 0 spiro atoms. The summed E-state index contributed by atoms with van der Waals surface area (Å²) in [4.78, 5) is 17.2. The molecule has 0 saturated carbocycles. The highest BCUT2D eigenvalue weighted by Gasteiger charge is 2.17. The van der Waals surface area contributed by atoms with Crippen LogP contribution in [0.2, 0.25) is 0 Å². The average molecular weight is 474 g/mol. The van der Waals surface area contributed by atoms with Gasteiger partial charge in [0.25, 0.3) is 0 Å². The van der Waals surface area contributed by atoms with Crippen LogP contribution < -0.4 is 4.74 Å². The zero-order valence-corrected chi connectivity index (χ0v) is 19.0. The number of aromatic carboxylic acids is 1. The summed E-state index contributed by atoms with van der Waals surface area (Å²) in [5.74, 6) is -0.739. The molecule has 7 nitrogen and oxygen atoms in total. The summed E-state index contributed by atoms with van der Waals surface area (Å²) in [6.07, 6.45) is 0.762. The van der Waals surface area contributed by atoms with Crippen molar-refractivity contribution in [3.63, 3.8) is 0 Å². The quantitative estimate of drug-likeness (QED) is 0.171. The van der Waals surface area contributed by atoms with E-state index in [9.17, 15) is 14.3 Å². The lowest BCUT2D eigenvalue weighted by molar-refractivity contribution is 0.0697. The Morgan fingerprint density at radius 1 is 1.03 bits per heavy atom. The van der Waals surface area contributed by atoms with Crippen LogP contribution in [0.1, 0.15) is 29.5 Å². The van der Waals surface area contributed by atoms with Crippen molar-refractivity contribution in [3.05, 3.63) is 96.0 Å². The minimum atomic E-state index is -1.06. The van der Waals surface area contributed by atoms with E-state index in [4.69, 9.17) is 14.1 Å². The SMILES string of the molecule is CCCO/N=C(\COc1ccc(-c2ccccc2)c(C(=O)O)c1)c1cc(-c2ccc(F)cc2)no1. The Balaban J connectivity index is 1.56. The van der Waals surface area contributed by atoms with Gasteiger partial charge in [0.15, 0.2) is 11.5 Å². The number of aromatic nitrogens is 1. The molecular formula is C27H23FN2O5. The van der Waals surface area contributed by atoms with Crippen molar-refractivity contribution in [3.8, 4) is 28.1 Å². The maximum absolute atomic E-state index is 13.2. The number of carbonyl (C=O) groups is 1.